The van der Waals surface area contributed by atoms with E-state index in [9.17, 15) is 0 Å². The Kier molecular flexibility index (Phi) is 4.65. The Morgan fingerprint density at radius 3 is 2.44 bits per heavy atom. The van der Waals surface area contributed by atoms with Crippen molar-refractivity contribution in [1.82, 2.24) is 5.32 Å². The van der Waals surface area contributed by atoms with Gasteiger partial charge in [-0.3, -0.25) is 0 Å². The van der Waals surface area contributed by atoms with Crippen molar-refractivity contribution in [3.05, 3.63) is 69.2 Å². The summed E-state index contributed by atoms with van der Waals surface area (Å²) in [5.41, 5.74) is 3.66. The zero-order valence-corrected chi connectivity index (χ0v) is 11.7. The molecule has 0 bridgehead atoms. The van der Waals surface area contributed by atoms with Gasteiger partial charge in [-0.15, -0.1) is 0 Å². The predicted molar refractivity (Wildman–Crippen MR) is 78.2 cm³/mol. The molecule has 0 aliphatic carbocycles. The van der Waals surface area contributed by atoms with Gasteiger partial charge in [0, 0.05) is 23.1 Å². The normalized spacial score (nSPS) is 10.6. The summed E-state index contributed by atoms with van der Waals surface area (Å²) >= 11 is 11.9. The van der Waals surface area contributed by atoms with Crippen LogP contribution < -0.4 is 5.32 Å². The van der Waals surface area contributed by atoms with Crippen LogP contribution in [-0.4, -0.2) is 0 Å². The molecular formula is C15H15Cl2N. The summed E-state index contributed by atoms with van der Waals surface area (Å²) in [7, 11) is 0. The Hall–Kier alpha value is -1.02. The fourth-order valence-electron chi connectivity index (χ4n) is 1.85. The van der Waals surface area contributed by atoms with Crippen LogP contribution in [0.2, 0.25) is 10.0 Å². The minimum absolute atomic E-state index is 0.775. The Bertz CT molecular complexity index is 538. The van der Waals surface area contributed by atoms with Crippen molar-refractivity contribution in [3.8, 4) is 0 Å². The first-order chi connectivity index (χ1) is 8.65. The van der Waals surface area contributed by atoms with Gasteiger partial charge in [0.1, 0.15) is 0 Å². The molecule has 0 heterocycles. The lowest BCUT2D eigenvalue weighted by Crippen LogP contribution is -2.13. The summed E-state index contributed by atoms with van der Waals surface area (Å²) in [5.74, 6) is 0. The molecule has 0 aromatic heterocycles. The molecule has 0 fully saturated rings. The van der Waals surface area contributed by atoms with Crippen molar-refractivity contribution >= 4 is 23.2 Å². The van der Waals surface area contributed by atoms with Crippen molar-refractivity contribution in [2.24, 2.45) is 0 Å². The third kappa shape index (κ3) is 3.74. The van der Waals surface area contributed by atoms with Crippen LogP contribution in [0, 0.1) is 6.92 Å². The summed E-state index contributed by atoms with van der Waals surface area (Å²) < 4.78 is 0. The number of nitrogens with one attached hydrogen (secondary N) is 1. The lowest BCUT2D eigenvalue weighted by molar-refractivity contribution is 0.691. The molecule has 0 saturated carbocycles. The van der Waals surface area contributed by atoms with E-state index in [1.807, 2.05) is 30.3 Å². The van der Waals surface area contributed by atoms with Gasteiger partial charge in [0.05, 0.1) is 0 Å². The van der Waals surface area contributed by atoms with Crippen LogP contribution >= 0.6 is 23.2 Å². The van der Waals surface area contributed by atoms with Gasteiger partial charge in [-0.05, 0) is 47.9 Å². The molecule has 3 heteroatoms. The predicted octanol–water partition coefficient (Wildman–Crippen LogP) is 4.59. The van der Waals surface area contributed by atoms with Crippen LogP contribution in [-0.2, 0) is 13.1 Å². The molecule has 94 valence electrons. The first-order valence-corrected chi connectivity index (χ1v) is 6.61. The third-order valence-corrected chi connectivity index (χ3v) is 3.31. The van der Waals surface area contributed by atoms with Gasteiger partial charge in [-0.25, -0.2) is 0 Å². The maximum atomic E-state index is 5.94. The molecule has 0 unspecified atom stereocenters. The zero-order chi connectivity index (χ0) is 13.0. The first-order valence-electron chi connectivity index (χ1n) is 5.85. The highest BCUT2D eigenvalue weighted by molar-refractivity contribution is 6.30. The Balaban J connectivity index is 1.92. The van der Waals surface area contributed by atoms with Gasteiger partial charge < -0.3 is 5.32 Å². The third-order valence-electron chi connectivity index (χ3n) is 2.84. The number of hydrogen-bond acceptors (Lipinski definition) is 1. The number of halogens is 2. The fourth-order valence-corrected chi connectivity index (χ4v) is 2.29. The second-order valence-electron chi connectivity index (χ2n) is 4.30. The average Bonchev–Trinajstić information content (AvgIpc) is 2.32. The molecule has 0 saturated heterocycles. The number of hydrogen-bond donors (Lipinski definition) is 1. The molecule has 18 heavy (non-hydrogen) atoms. The Labute approximate surface area is 118 Å². The number of aryl methyl sites for hydroxylation is 1. The van der Waals surface area contributed by atoms with E-state index in [-0.39, 0.29) is 0 Å². The zero-order valence-electron chi connectivity index (χ0n) is 10.2. The summed E-state index contributed by atoms with van der Waals surface area (Å²) in [6.45, 7) is 3.71. The van der Waals surface area contributed by atoms with Gasteiger partial charge in [-0.2, -0.15) is 0 Å². The monoisotopic (exact) mass is 279 g/mol. The van der Waals surface area contributed by atoms with E-state index in [2.05, 4.69) is 24.4 Å². The lowest BCUT2D eigenvalue weighted by Gasteiger charge is -2.08. The van der Waals surface area contributed by atoms with Gasteiger partial charge in [0.25, 0.3) is 0 Å². The van der Waals surface area contributed by atoms with E-state index in [0.29, 0.717) is 0 Å². The van der Waals surface area contributed by atoms with E-state index < -0.39 is 0 Å². The molecule has 2 rings (SSSR count). The molecular weight excluding hydrogens is 265 g/mol. The van der Waals surface area contributed by atoms with Crippen molar-refractivity contribution in [2.75, 3.05) is 0 Å². The fraction of sp³-hybridized carbons (Fsp3) is 0.200. The molecule has 0 spiro atoms. The van der Waals surface area contributed by atoms with E-state index in [0.717, 1.165) is 23.1 Å². The Morgan fingerprint density at radius 1 is 0.944 bits per heavy atom. The van der Waals surface area contributed by atoms with Gasteiger partial charge in [0.2, 0.25) is 0 Å². The Morgan fingerprint density at radius 2 is 1.72 bits per heavy atom. The highest BCUT2D eigenvalue weighted by atomic mass is 35.5. The van der Waals surface area contributed by atoms with Crippen molar-refractivity contribution in [2.45, 2.75) is 20.0 Å². The van der Waals surface area contributed by atoms with Gasteiger partial charge in [0.15, 0.2) is 0 Å². The van der Waals surface area contributed by atoms with Crippen LogP contribution in [0.4, 0.5) is 0 Å². The highest BCUT2D eigenvalue weighted by Crippen LogP contribution is 2.15. The van der Waals surface area contributed by atoms with E-state index in [1.165, 1.54) is 16.7 Å². The second kappa shape index (κ2) is 6.24. The van der Waals surface area contributed by atoms with Gasteiger partial charge >= 0.3 is 0 Å². The second-order valence-corrected chi connectivity index (χ2v) is 5.18. The van der Waals surface area contributed by atoms with Crippen molar-refractivity contribution < 1.29 is 0 Å². The van der Waals surface area contributed by atoms with Crippen LogP contribution in [0.15, 0.2) is 42.5 Å². The molecule has 1 N–H and O–H groups in total. The summed E-state index contributed by atoms with van der Waals surface area (Å²) in [5, 5.41) is 4.96. The SMILES string of the molecule is Cc1cc(Cl)ccc1CNCc1cccc(Cl)c1. The maximum Gasteiger partial charge on any atom is 0.0409 e. The highest BCUT2D eigenvalue weighted by Gasteiger charge is 1.99. The molecule has 2 aromatic carbocycles. The smallest absolute Gasteiger partial charge is 0.0409 e. The summed E-state index contributed by atoms with van der Waals surface area (Å²) in [4.78, 5) is 0. The lowest BCUT2D eigenvalue weighted by atomic mass is 10.1. The van der Waals surface area contributed by atoms with E-state index in [1.54, 1.807) is 0 Å². The topological polar surface area (TPSA) is 12.0 Å². The first kappa shape index (κ1) is 13.4. The van der Waals surface area contributed by atoms with Gasteiger partial charge in [-0.1, -0.05) is 41.4 Å². The maximum absolute atomic E-state index is 5.94. The summed E-state index contributed by atoms with van der Waals surface area (Å²) in [6.07, 6.45) is 0. The molecule has 1 nitrogen and oxygen atoms in total. The van der Waals surface area contributed by atoms with Crippen LogP contribution in [0.25, 0.3) is 0 Å². The molecule has 0 aliphatic rings. The average molecular weight is 280 g/mol. The van der Waals surface area contributed by atoms with Crippen LogP contribution in [0.3, 0.4) is 0 Å². The minimum atomic E-state index is 0.775. The van der Waals surface area contributed by atoms with E-state index in [4.69, 9.17) is 23.2 Å². The summed E-state index contributed by atoms with van der Waals surface area (Å²) in [6, 6.07) is 13.9. The molecule has 2 aromatic rings. The molecule has 0 atom stereocenters. The van der Waals surface area contributed by atoms with Crippen molar-refractivity contribution in [1.29, 1.82) is 0 Å². The largest absolute Gasteiger partial charge is 0.309 e. The quantitative estimate of drug-likeness (QED) is 0.863. The molecule has 0 aliphatic heterocycles. The molecule has 0 amide bonds. The van der Waals surface area contributed by atoms with Crippen LogP contribution in [0.1, 0.15) is 16.7 Å². The number of rotatable bonds is 4. The van der Waals surface area contributed by atoms with Crippen molar-refractivity contribution in [3.63, 3.8) is 0 Å². The number of benzene rings is 2. The minimum Gasteiger partial charge on any atom is -0.309 e. The standard InChI is InChI=1S/C15H15Cl2N/c1-11-7-15(17)6-5-13(11)10-18-9-12-3-2-4-14(16)8-12/h2-8,18H,9-10H2,1H3. The van der Waals surface area contributed by atoms with E-state index >= 15 is 0 Å². The van der Waals surface area contributed by atoms with Crippen LogP contribution in [0.5, 0.6) is 0 Å². The molecule has 0 radical (unpaired) electrons.